The number of primary amides is 1. The fourth-order valence-corrected chi connectivity index (χ4v) is 2.74. The van der Waals surface area contributed by atoms with E-state index in [1.165, 1.54) is 4.90 Å². The molecule has 2 rings (SSSR count). The maximum atomic E-state index is 13.1. The molecule has 19 heavy (non-hydrogen) atoms. The second kappa shape index (κ2) is 5.40. The molecule has 0 radical (unpaired) electrons. The van der Waals surface area contributed by atoms with Crippen molar-refractivity contribution in [2.45, 2.75) is 37.6 Å². The largest absolute Gasteiger partial charge is 0.368 e. The minimum Gasteiger partial charge on any atom is -0.368 e. The lowest BCUT2D eigenvalue weighted by molar-refractivity contribution is -0.147. The van der Waals surface area contributed by atoms with Crippen molar-refractivity contribution < 1.29 is 18.4 Å². The van der Waals surface area contributed by atoms with Crippen LogP contribution in [0.15, 0.2) is 0 Å². The Labute approximate surface area is 110 Å². The van der Waals surface area contributed by atoms with Gasteiger partial charge in [0.25, 0.3) is 0 Å². The highest BCUT2D eigenvalue weighted by Crippen LogP contribution is 2.37. The summed E-state index contributed by atoms with van der Waals surface area (Å²) in [6.45, 7) is 1.34. The number of piperazine rings is 1. The summed E-state index contributed by atoms with van der Waals surface area (Å²) in [5.41, 5.74) is 5.28. The van der Waals surface area contributed by atoms with Crippen LogP contribution in [0.25, 0.3) is 0 Å². The summed E-state index contributed by atoms with van der Waals surface area (Å²) in [6.07, 6.45) is -0.143. The number of nitrogens with one attached hydrogen (secondary N) is 1. The van der Waals surface area contributed by atoms with E-state index in [-0.39, 0.29) is 31.6 Å². The smallest absolute Gasteiger partial charge is 0.248 e. The Kier molecular flexibility index (Phi) is 4.03. The topological polar surface area (TPSA) is 75.4 Å². The lowest BCUT2D eigenvalue weighted by atomic mass is 9.85. The first-order valence-corrected chi connectivity index (χ1v) is 6.59. The summed E-state index contributed by atoms with van der Waals surface area (Å²) >= 11 is 0. The third kappa shape index (κ3) is 3.20. The molecule has 1 unspecified atom stereocenters. The van der Waals surface area contributed by atoms with Crippen LogP contribution >= 0.6 is 0 Å². The minimum absolute atomic E-state index is 0.182. The molecule has 1 aliphatic heterocycles. The lowest BCUT2D eigenvalue weighted by Crippen LogP contribution is -2.60. The Morgan fingerprint density at radius 2 is 1.89 bits per heavy atom. The van der Waals surface area contributed by atoms with Crippen molar-refractivity contribution in [1.29, 1.82) is 0 Å². The molecule has 1 atom stereocenters. The van der Waals surface area contributed by atoms with Crippen LogP contribution in [0, 0.1) is 5.92 Å². The molecule has 1 heterocycles. The van der Waals surface area contributed by atoms with Crippen molar-refractivity contribution in [3.63, 3.8) is 0 Å². The number of carbonyl (C=O) groups excluding carboxylic acids is 2. The first-order valence-electron chi connectivity index (χ1n) is 6.59. The van der Waals surface area contributed by atoms with Gasteiger partial charge in [0.05, 0.1) is 0 Å². The van der Waals surface area contributed by atoms with Crippen molar-refractivity contribution >= 4 is 11.8 Å². The molecule has 0 spiro atoms. The van der Waals surface area contributed by atoms with Crippen LogP contribution in [0.2, 0.25) is 0 Å². The normalized spacial score (nSPS) is 28.1. The Hall–Kier alpha value is -1.24. The van der Waals surface area contributed by atoms with Crippen LogP contribution < -0.4 is 11.1 Å². The van der Waals surface area contributed by atoms with Crippen molar-refractivity contribution in [3.8, 4) is 0 Å². The fraction of sp³-hybridized carbons (Fsp3) is 0.833. The molecule has 0 aromatic carbocycles. The molecule has 1 saturated carbocycles. The summed E-state index contributed by atoms with van der Waals surface area (Å²) < 4.78 is 26.2. The van der Waals surface area contributed by atoms with Crippen LogP contribution in [0.3, 0.4) is 0 Å². The van der Waals surface area contributed by atoms with Crippen molar-refractivity contribution in [2.75, 3.05) is 19.6 Å². The highest BCUT2D eigenvalue weighted by atomic mass is 19.3. The monoisotopic (exact) mass is 275 g/mol. The first-order chi connectivity index (χ1) is 8.91. The Bertz CT molecular complexity index is 366. The molecule has 2 amide bonds. The summed E-state index contributed by atoms with van der Waals surface area (Å²) in [4.78, 5) is 25.1. The predicted octanol–water partition coefficient (Wildman–Crippen LogP) is 0.0976. The Morgan fingerprint density at radius 3 is 2.47 bits per heavy atom. The molecule has 5 nitrogen and oxygen atoms in total. The average molecular weight is 275 g/mol. The highest BCUT2D eigenvalue weighted by molar-refractivity contribution is 5.88. The summed E-state index contributed by atoms with van der Waals surface area (Å²) in [6, 6.07) is -0.663. The molecule has 1 saturated heterocycles. The molecule has 0 bridgehead atoms. The summed E-state index contributed by atoms with van der Waals surface area (Å²) in [5, 5.41) is 3.00. The van der Waals surface area contributed by atoms with Gasteiger partial charge in [0.15, 0.2) is 0 Å². The van der Waals surface area contributed by atoms with Gasteiger partial charge in [-0.05, 0) is 12.8 Å². The van der Waals surface area contributed by atoms with Gasteiger partial charge in [0.2, 0.25) is 17.7 Å². The molecule has 0 aromatic rings. The number of hydrogen-bond donors (Lipinski definition) is 2. The van der Waals surface area contributed by atoms with Crippen LogP contribution in [0.1, 0.15) is 25.7 Å². The second-order valence-electron chi connectivity index (χ2n) is 5.28. The van der Waals surface area contributed by atoms with Gasteiger partial charge in [0.1, 0.15) is 6.04 Å². The minimum atomic E-state index is -2.65. The zero-order chi connectivity index (χ0) is 14.0. The van der Waals surface area contributed by atoms with Gasteiger partial charge in [-0.1, -0.05) is 0 Å². The van der Waals surface area contributed by atoms with E-state index in [2.05, 4.69) is 5.32 Å². The Morgan fingerprint density at radius 1 is 1.26 bits per heavy atom. The van der Waals surface area contributed by atoms with E-state index in [1.807, 2.05) is 0 Å². The zero-order valence-corrected chi connectivity index (χ0v) is 10.7. The van der Waals surface area contributed by atoms with Gasteiger partial charge in [0, 0.05) is 38.4 Å². The molecular formula is C12H19F2N3O2. The van der Waals surface area contributed by atoms with Gasteiger partial charge in [-0.2, -0.15) is 0 Å². The maximum absolute atomic E-state index is 13.1. The average Bonchev–Trinajstić information content (AvgIpc) is 2.38. The van der Waals surface area contributed by atoms with Crippen LogP contribution in [-0.4, -0.2) is 48.3 Å². The van der Waals surface area contributed by atoms with E-state index in [1.54, 1.807) is 0 Å². The second-order valence-corrected chi connectivity index (χ2v) is 5.28. The number of alkyl halides is 2. The Balaban J connectivity index is 2.00. The number of carbonyl (C=O) groups is 2. The number of halogens is 2. The molecule has 2 aliphatic rings. The third-order valence-electron chi connectivity index (χ3n) is 3.92. The maximum Gasteiger partial charge on any atom is 0.248 e. The van der Waals surface area contributed by atoms with Gasteiger partial charge >= 0.3 is 0 Å². The number of nitrogens with two attached hydrogens (primary N) is 1. The molecule has 2 fully saturated rings. The van der Waals surface area contributed by atoms with E-state index in [0.717, 1.165) is 0 Å². The molecule has 7 heteroatoms. The zero-order valence-electron chi connectivity index (χ0n) is 10.7. The summed E-state index contributed by atoms with van der Waals surface area (Å²) in [7, 11) is 0. The van der Waals surface area contributed by atoms with Gasteiger partial charge in [-0.25, -0.2) is 8.78 Å². The van der Waals surface area contributed by atoms with E-state index in [4.69, 9.17) is 5.73 Å². The van der Waals surface area contributed by atoms with Crippen molar-refractivity contribution in [3.05, 3.63) is 0 Å². The lowest BCUT2D eigenvalue weighted by Gasteiger charge is -2.38. The van der Waals surface area contributed by atoms with Gasteiger partial charge in [-0.15, -0.1) is 0 Å². The molecule has 108 valence electrons. The standard InChI is InChI=1S/C12H19F2N3O2/c13-12(14)3-1-8(2-4-12)11(19)17-6-5-16-7-9(17)10(15)18/h8-9,16H,1-7H2,(H2,15,18). The van der Waals surface area contributed by atoms with Gasteiger partial charge in [-0.3, -0.25) is 9.59 Å². The fourth-order valence-electron chi connectivity index (χ4n) is 2.74. The van der Waals surface area contributed by atoms with Crippen molar-refractivity contribution in [2.24, 2.45) is 11.7 Å². The van der Waals surface area contributed by atoms with Crippen LogP contribution in [0.4, 0.5) is 8.78 Å². The quantitative estimate of drug-likeness (QED) is 0.750. The molecular weight excluding hydrogens is 256 g/mol. The van der Waals surface area contributed by atoms with E-state index in [9.17, 15) is 18.4 Å². The van der Waals surface area contributed by atoms with Crippen LogP contribution in [0.5, 0.6) is 0 Å². The molecule has 1 aliphatic carbocycles. The molecule has 3 N–H and O–H groups in total. The SMILES string of the molecule is NC(=O)C1CNCCN1C(=O)C1CCC(F)(F)CC1. The van der Waals surface area contributed by atoms with E-state index >= 15 is 0 Å². The predicted molar refractivity (Wildman–Crippen MR) is 64.5 cm³/mol. The molecule has 0 aromatic heterocycles. The van der Waals surface area contributed by atoms with E-state index < -0.39 is 23.8 Å². The summed E-state index contributed by atoms with van der Waals surface area (Å²) in [5.74, 6) is -3.81. The number of nitrogens with zero attached hydrogens (tertiary/aromatic N) is 1. The number of hydrogen-bond acceptors (Lipinski definition) is 3. The van der Waals surface area contributed by atoms with Gasteiger partial charge < -0.3 is 16.0 Å². The number of rotatable bonds is 2. The highest BCUT2D eigenvalue weighted by Gasteiger charge is 2.40. The first kappa shape index (κ1) is 14.2. The van der Waals surface area contributed by atoms with Crippen molar-refractivity contribution in [1.82, 2.24) is 10.2 Å². The van der Waals surface area contributed by atoms with E-state index in [0.29, 0.717) is 19.6 Å². The third-order valence-corrected chi connectivity index (χ3v) is 3.92. The number of amides is 2. The van der Waals surface area contributed by atoms with Crippen LogP contribution in [-0.2, 0) is 9.59 Å².